The molecule has 1 fully saturated rings. The molecule has 3 rings (SSSR count). The number of carbonyl (C=O) groups is 1. The fourth-order valence-electron chi connectivity index (χ4n) is 3.34. The quantitative estimate of drug-likeness (QED) is 0.474. The molecule has 0 amide bonds. The summed E-state index contributed by atoms with van der Waals surface area (Å²) in [6, 6.07) is 14.2. The smallest absolute Gasteiger partial charge is 0.290 e. The van der Waals surface area contributed by atoms with E-state index in [1.54, 1.807) is 24.3 Å². The lowest BCUT2D eigenvalue weighted by molar-refractivity contribution is -0.122. The van der Waals surface area contributed by atoms with Crippen LogP contribution in [-0.2, 0) is 11.2 Å². The first-order valence-electron chi connectivity index (χ1n) is 11.2. The van der Waals surface area contributed by atoms with Gasteiger partial charge in [-0.1, -0.05) is 70.5 Å². The van der Waals surface area contributed by atoms with Gasteiger partial charge >= 0.3 is 0 Å². The number of likely N-dealkylation sites (tertiary alicyclic amines) is 1. The first-order valence-corrected chi connectivity index (χ1v) is 11.5. The van der Waals surface area contributed by atoms with E-state index >= 15 is 0 Å². The first-order chi connectivity index (χ1) is 15.5. The summed E-state index contributed by atoms with van der Waals surface area (Å²) in [6.45, 7) is 16.8. The zero-order chi connectivity index (χ0) is 25.4. The second-order valence-electron chi connectivity index (χ2n) is 9.34. The van der Waals surface area contributed by atoms with Crippen LogP contribution in [0.1, 0.15) is 57.7 Å². The van der Waals surface area contributed by atoms with Crippen LogP contribution in [0.4, 0.5) is 4.39 Å². The van der Waals surface area contributed by atoms with Crippen LogP contribution in [0, 0.1) is 35.4 Å². The lowest BCUT2D eigenvalue weighted by Crippen LogP contribution is -2.30. The van der Waals surface area contributed by atoms with Gasteiger partial charge in [-0.05, 0) is 67.0 Å². The summed E-state index contributed by atoms with van der Waals surface area (Å²) in [7, 11) is 0. The Hall–Kier alpha value is -2.42. The number of benzene rings is 2. The van der Waals surface area contributed by atoms with Gasteiger partial charge in [0.2, 0.25) is 0 Å². The zero-order valence-corrected chi connectivity index (χ0v) is 21.5. The van der Waals surface area contributed by atoms with Crippen molar-refractivity contribution in [2.75, 3.05) is 19.6 Å². The molecule has 1 saturated heterocycles. The summed E-state index contributed by atoms with van der Waals surface area (Å²) in [5.74, 6) is 0.831. The third kappa shape index (κ3) is 14.4. The molecule has 1 N–H and O–H groups in total. The molecule has 0 spiro atoms. The van der Waals surface area contributed by atoms with Crippen molar-refractivity contribution in [2.45, 2.75) is 54.4 Å². The van der Waals surface area contributed by atoms with E-state index in [2.05, 4.69) is 32.6 Å². The van der Waals surface area contributed by atoms with E-state index in [1.165, 1.54) is 32.1 Å². The maximum Gasteiger partial charge on any atom is 0.290 e. The summed E-state index contributed by atoms with van der Waals surface area (Å²) in [4.78, 5) is 10.9. The van der Waals surface area contributed by atoms with Gasteiger partial charge in [0.05, 0.1) is 10.6 Å². The minimum atomic E-state index is -0.250. The second-order valence-corrected chi connectivity index (χ2v) is 9.74. The predicted molar refractivity (Wildman–Crippen MR) is 135 cm³/mol. The Morgan fingerprint density at radius 2 is 1.88 bits per heavy atom. The molecular formula is C27H38ClFN2O2. The maximum absolute atomic E-state index is 12.6. The van der Waals surface area contributed by atoms with Crippen molar-refractivity contribution < 1.29 is 14.3 Å². The van der Waals surface area contributed by atoms with Crippen LogP contribution in [0.2, 0.25) is 5.02 Å². The van der Waals surface area contributed by atoms with Gasteiger partial charge in [-0.15, -0.1) is 0 Å². The number of nitriles is 1. The number of halogens is 2. The molecule has 0 aromatic heterocycles. The molecule has 1 heterocycles. The summed E-state index contributed by atoms with van der Waals surface area (Å²) >= 11 is 5.71. The molecule has 1 atom stereocenters. The SMILES string of the molecule is CC1CCN(CC(C)(C)C)C1.CCc1ccccc1F.Cc1ccc(C#N)c(Cl)c1.O=CO. The number of hydrogen-bond donors (Lipinski definition) is 1. The topological polar surface area (TPSA) is 64.3 Å². The molecule has 2 aromatic carbocycles. The van der Waals surface area contributed by atoms with Crippen molar-refractivity contribution in [1.82, 2.24) is 4.90 Å². The van der Waals surface area contributed by atoms with Crippen molar-refractivity contribution in [3.8, 4) is 6.07 Å². The maximum atomic E-state index is 12.6. The lowest BCUT2D eigenvalue weighted by atomic mass is 9.96. The van der Waals surface area contributed by atoms with E-state index < -0.39 is 0 Å². The normalized spacial score (nSPS) is 14.9. The van der Waals surface area contributed by atoms with Crippen molar-refractivity contribution in [2.24, 2.45) is 11.3 Å². The van der Waals surface area contributed by atoms with Gasteiger partial charge in [-0.2, -0.15) is 5.26 Å². The molecule has 6 heteroatoms. The number of hydrogen-bond acceptors (Lipinski definition) is 3. The van der Waals surface area contributed by atoms with E-state index in [4.69, 9.17) is 26.8 Å². The van der Waals surface area contributed by atoms with Crippen LogP contribution < -0.4 is 0 Å². The standard InChI is InChI=1S/C10H21N.C8H6ClN.C8H9F.CH2O2/c1-9-5-6-11(7-9)8-10(2,3)4;1-6-2-3-7(5-10)8(9)4-6;1-2-7-5-3-4-6-8(7)9;2-1-3/h9H,5-8H2,1-4H3;2-4H,1H3;3-6H,2H2,1H3;1H,(H,2,3). The molecule has 1 unspecified atom stereocenters. The fourth-order valence-corrected chi connectivity index (χ4v) is 3.61. The molecule has 0 bridgehead atoms. The molecule has 4 nitrogen and oxygen atoms in total. The van der Waals surface area contributed by atoms with Crippen LogP contribution in [0.25, 0.3) is 0 Å². The monoisotopic (exact) mass is 476 g/mol. The van der Waals surface area contributed by atoms with Gasteiger partial charge in [-0.25, -0.2) is 4.39 Å². The van der Waals surface area contributed by atoms with E-state index in [1.807, 2.05) is 32.0 Å². The lowest BCUT2D eigenvalue weighted by Gasteiger charge is -2.25. The minimum Gasteiger partial charge on any atom is -0.483 e. The Labute approximate surface area is 204 Å². The number of carboxylic acid groups (broad SMARTS) is 1. The van der Waals surface area contributed by atoms with Gasteiger partial charge < -0.3 is 10.0 Å². The molecule has 0 saturated carbocycles. The minimum absolute atomic E-state index is 0.0972. The summed E-state index contributed by atoms with van der Waals surface area (Å²) in [6.07, 6.45) is 2.17. The van der Waals surface area contributed by atoms with Crippen molar-refractivity contribution in [3.05, 3.63) is 70.0 Å². The van der Waals surface area contributed by atoms with Gasteiger partial charge in [0.15, 0.2) is 0 Å². The Balaban J connectivity index is 0.000000440. The van der Waals surface area contributed by atoms with E-state index in [9.17, 15) is 4.39 Å². The Morgan fingerprint density at radius 3 is 2.27 bits per heavy atom. The Bertz CT molecular complexity index is 875. The molecule has 1 aliphatic rings. The molecule has 0 radical (unpaired) electrons. The molecule has 0 aliphatic carbocycles. The molecule has 2 aromatic rings. The molecule has 182 valence electrons. The van der Waals surface area contributed by atoms with Crippen LogP contribution in [0.3, 0.4) is 0 Å². The van der Waals surface area contributed by atoms with Crippen LogP contribution in [-0.4, -0.2) is 36.1 Å². The third-order valence-corrected chi connectivity index (χ3v) is 5.10. The van der Waals surface area contributed by atoms with Gasteiger partial charge in [0, 0.05) is 13.1 Å². The predicted octanol–water partition coefficient (Wildman–Crippen LogP) is 6.98. The Morgan fingerprint density at radius 1 is 1.27 bits per heavy atom. The van der Waals surface area contributed by atoms with E-state index in [0.717, 1.165) is 23.5 Å². The Kier molecular flexibility index (Phi) is 15.0. The van der Waals surface area contributed by atoms with Crippen molar-refractivity contribution >= 4 is 18.1 Å². The van der Waals surface area contributed by atoms with E-state index in [0.29, 0.717) is 16.0 Å². The average molecular weight is 477 g/mol. The third-order valence-electron chi connectivity index (χ3n) is 4.79. The number of rotatable bonds is 2. The van der Waals surface area contributed by atoms with Gasteiger partial charge in [-0.3, -0.25) is 4.79 Å². The summed E-state index contributed by atoms with van der Waals surface area (Å²) in [5, 5.41) is 15.9. The number of nitrogens with zero attached hydrogens (tertiary/aromatic N) is 2. The highest BCUT2D eigenvalue weighted by atomic mass is 35.5. The molecule has 1 aliphatic heterocycles. The van der Waals surface area contributed by atoms with Gasteiger partial charge in [0.1, 0.15) is 11.9 Å². The summed E-state index contributed by atoms with van der Waals surface area (Å²) < 4.78 is 12.6. The molecule has 33 heavy (non-hydrogen) atoms. The van der Waals surface area contributed by atoms with E-state index in [-0.39, 0.29) is 12.3 Å². The average Bonchev–Trinajstić information content (AvgIpc) is 3.13. The second kappa shape index (κ2) is 16.2. The van der Waals surface area contributed by atoms with Crippen LogP contribution >= 0.6 is 11.6 Å². The first kappa shape index (κ1) is 30.6. The highest BCUT2D eigenvalue weighted by Crippen LogP contribution is 2.21. The summed E-state index contributed by atoms with van der Waals surface area (Å²) in [5.41, 5.74) is 2.87. The highest BCUT2D eigenvalue weighted by molar-refractivity contribution is 6.31. The van der Waals surface area contributed by atoms with Crippen LogP contribution in [0.5, 0.6) is 0 Å². The van der Waals surface area contributed by atoms with Crippen LogP contribution in [0.15, 0.2) is 42.5 Å². The highest BCUT2D eigenvalue weighted by Gasteiger charge is 2.22. The largest absolute Gasteiger partial charge is 0.483 e. The number of aryl methyl sites for hydroxylation is 2. The fraction of sp³-hybridized carbons (Fsp3) is 0.481. The van der Waals surface area contributed by atoms with Crippen molar-refractivity contribution in [1.29, 1.82) is 5.26 Å². The zero-order valence-electron chi connectivity index (χ0n) is 20.7. The van der Waals surface area contributed by atoms with Gasteiger partial charge in [0.25, 0.3) is 6.47 Å². The van der Waals surface area contributed by atoms with Crippen molar-refractivity contribution in [3.63, 3.8) is 0 Å². The molecular weight excluding hydrogens is 439 g/mol.